The first-order chi connectivity index (χ1) is 18.1. The molecule has 3 aromatic rings. The Hall–Kier alpha value is -3.49. The van der Waals surface area contributed by atoms with Crippen LogP contribution in [0.5, 0.6) is 0 Å². The Morgan fingerprint density at radius 3 is 2.30 bits per heavy atom. The highest BCUT2D eigenvalue weighted by Gasteiger charge is 2.23. The summed E-state index contributed by atoms with van der Waals surface area (Å²) in [6.07, 6.45) is 2.40. The van der Waals surface area contributed by atoms with Gasteiger partial charge in [0.05, 0.1) is 39.0 Å². The molecule has 2 amide bonds. The number of furan rings is 1. The summed E-state index contributed by atoms with van der Waals surface area (Å²) >= 11 is 0. The number of ether oxygens (including phenoxy) is 1. The van der Waals surface area contributed by atoms with Gasteiger partial charge in [-0.1, -0.05) is 42.5 Å². The topological polar surface area (TPSA) is 66.2 Å². The van der Waals surface area contributed by atoms with E-state index in [-0.39, 0.29) is 30.6 Å². The minimum atomic E-state index is -0.345. The molecule has 1 aliphatic heterocycles. The standard InChI is InChI=1S/C29H34FN3O4/c30-26-10-8-25(9-11-26)21-28(34)33(15-14-31-16-19-36-20-17-31)23-29(35)32(22-27-7-4-18-37-27)13-12-24-5-2-1-3-6-24/h1-11,18H,12-17,19-23H2. The molecule has 4 rings (SSSR count). The number of hydrogen-bond acceptors (Lipinski definition) is 5. The van der Waals surface area contributed by atoms with Gasteiger partial charge in [0, 0.05) is 32.7 Å². The average Bonchev–Trinajstić information content (AvgIpc) is 3.44. The molecule has 0 bridgehead atoms. The van der Waals surface area contributed by atoms with Crippen LogP contribution in [0, 0.1) is 5.82 Å². The Kier molecular flexibility index (Phi) is 9.85. The fourth-order valence-corrected chi connectivity index (χ4v) is 4.32. The molecule has 2 heterocycles. The smallest absolute Gasteiger partial charge is 0.242 e. The van der Waals surface area contributed by atoms with Crippen LogP contribution in [-0.4, -0.2) is 79.0 Å². The van der Waals surface area contributed by atoms with Gasteiger partial charge in [-0.15, -0.1) is 0 Å². The fraction of sp³-hybridized carbons (Fsp3) is 0.379. The molecule has 0 N–H and O–H groups in total. The lowest BCUT2D eigenvalue weighted by Crippen LogP contribution is -2.47. The molecule has 0 unspecified atom stereocenters. The number of morpholine rings is 1. The van der Waals surface area contributed by atoms with Crippen LogP contribution in [0.4, 0.5) is 4.39 Å². The summed E-state index contributed by atoms with van der Waals surface area (Å²) < 4.78 is 24.3. The third-order valence-electron chi connectivity index (χ3n) is 6.53. The lowest BCUT2D eigenvalue weighted by atomic mass is 10.1. The van der Waals surface area contributed by atoms with E-state index in [0.29, 0.717) is 57.1 Å². The normalized spacial score (nSPS) is 13.9. The first-order valence-corrected chi connectivity index (χ1v) is 12.7. The Morgan fingerprint density at radius 2 is 1.59 bits per heavy atom. The maximum atomic E-state index is 13.6. The molecule has 7 nitrogen and oxygen atoms in total. The third-order valence-corrected chi connectivity index (χ3v) is 6.53. The Morgan fingerprint density at radius 1 is 0.838 bits per heavy atom. The summed E-state index contributed by atoms with van der Waals surface area (Å²) in [5.74, 6) is 0.0532. The van der Waals surface area contributed by atoms with E-state index in [9.17, 15) is 14.0 Å². The highest BCUT2D eigenvalue weighted by Crippen LogP contribution is 2.11. The van der Waals surface area contributed by atoms with Crippen LogP contribution in [-0.2, 0) is 33.7 Å². The molecule has 2 aromatic carbocycles. The minimum Gasteiger partial charge on any atom is -0.467 e. The summed E-state index contributed by atoms with van der Waals surface area (Å²) in [7, 11) is 0. The van der Waals surface area contributed by atoms with Gasteiger partial charge in [0.1, 0.15) is 11.6 Å². The van der Waals surface area contributed by atoms with E-state index in [2.05, 4.69) is 4.90 Å². The maximum Gasteiger partial charge on any atom is 0.242 e. The Labute approximate surface area is 217 Å². The molecular weight excluding hydrogens is 473 g/mol. The SMILES string of the molecule is O=C(Cc1ccc(F)cc1)N(CCN1CCOCC1)CC(=O)N(CCc1ccccc1)Cc1ccco1. The van der Waals surface area contributed by atoms with Crippen LogP contribution < -0.4 is 0 Å². The molecule has 1 fully saturated rings. The van der Waals surface area contributed by atoms with Gasteiger partial charge in [-0.2, -0.15) is 0 Å². The number of carbonyl (C=O) groups is 2. The van der Waals surface area contributed by atoms with Crippen molar-refractivity contribution in [2.24, 2.45) is 0 Å². The summed E-state index contributed by atoms with van der Waals surface area (Å²) in [6, 6.07) is 19.6. The number of nitrogens with zero attached hydrogens (tertiary/aromatic N) is 3. The first kappa shape index (κ1) is 26.6. The molecule has 0 aliphatic carbocycles. The van der Waals surface area contributed by atoms with E-state index in [1.807, 2.05) is 36.4 Å². The first-order valence-electron chi connectivity index (χ1n) is 12.7. The van der Waals surface area contributed by atoms with Crippen LogP contribution in [0.25, 0.3) is 0 Å². The predicted octanol–water partition coefficient (Wildman–Crippen LogP) is 3.39. The number of hydrogen-bond donors (Lipinski definition) is 0. The fourth-order valence-electron chi connectivity index (χ4n) is 4.32. The number of halogens is 1. The van der Waals surface area contributed by atoms with E-state index >= 15 is 0 Å². The van der Waals surface area contributed by atoms with Crippen molar-refractivity contribution in [2.45, 2.75) is 19.4 Å². The maximum absolute atomic E-state index is 13.6. The number of rotatable bonds is 12. The van der Waals surface area contributed by atoms with Crippen LogP contribution in [0.15, 0.2) is 77.4 Å². The van der Waals surface area contributed by atoms with Gasteiger partial charge in [0.25, 0.3) is 0 Å². The summed E-state index contributed by atoms with van der Waals surface area (Å²) in [5, 5.41) is 0. The molecule has 0 saturated carbocycles. The van der Waals surface area contributed by atoms with E-state index < -0.39 is 0 Å². The summed E-state index contributed by atoms with van der Waals surface area (Å²) in [6.45, 7) is 4.84. The molecule has 1 aromatic heterocycles. The lowest BCUT2D eigenvalue weighted by molar-refractivity contribution is -0.141. The van der Waals surface area contributed by atoms with Crippen molar-refractivity contribution >= 4 is 11.8 Å². The second kappa shape index (κ2) is 13.7. The quantitative estimate of drug-likeness (QED) is 0.376. The summed E-state index contributed by atoms with van der Waals surface area (Å²) in [5.41, 5.74) is 1.85. The van der Waals surface area contributed by atoms with Gasteiger partial charge < -0.3 is 19.0 Å². The molecule has 0 radical (unpaired) electrons. The molecule has 1 saturated heterocycles. The summed E-state index contributed by atoms with van der Waals surface area (Å²) in [4.78, 5) is 32.5. The van der Waals surface area contributed by atoms with Crippen LogP contribution in [0.1, 0.15) is 16.9 Å². The van der Waals surface area contributed by atoms with Crippen molar-refractivity contribution in [3.05, 3.63) is 95.7 Å². The average molecular weight is 508 g/mol. The zero-order valence-corrected chi connectivity index (χ0v) is 21.1. The van der Waals surface area contributed by atoms with Crippen molar-refractivity contribution in [2.75, 3.05) is 52.5 Å². The number of amides is 2. The molecule has 196 valence electrons. The van der Waals surface area contributed by atoms with E-state index in [1.54, 1.807) is 34.3 Å². The second-order valence-electron chi connectivity index (χ2n) is 9.20. The Balaban J connectivity index is 1.45. The van der Waals surface area contributed by atoms with E-state index in [4.69, 9.17) is 9.15 Å². The number of carbonyl (C=O) groups excluding carboxylic acids is 2. The van der Waals surface area contributed by atoms with Crippen LogP contribution >= 0.6 is 0 Å². The van der Waals surface area contributed by atoms with Crippen molar-refractivity contribution in [1.29, 1.82) is 0 Å². The third kappa shape index (κ3) is 8.55. The minimum absolute atomic E-state index is 0.0279. The largest absolute Gasteiger partial charge is 0.467 e. The Bertz CT molecular complexity index is 1100. The molecule has 37 heavy (non-hydrogen) atoms. The van der Waals surface area contributed by atoms with Gasteiger partial charge in [0.2, 0.25) is 11.8 Å². The van der Waals surface area contributed by atoms with Gasteiger partial charge in [-0.25, -0.2) is 4.39 Å². The molecular formula is C29H34FN3O4. The highest BCUT2D eigenvalue weighted by atomic mass is 19.1. The lowest BCUT2D eigenvalue weighted by Gasteiger charge is -2.31. The molecule has 1 aliphatic rings. The van der Waals surface area contributed by atoms with Crippen LogP contribution in [0.3, 0.4) is 0 Å². The second-order valence-corrected chi connectivity index (χ2v) is 9.20. The van der Waals surface area contributed by atoms with Gasteiger partial charge in [-0.05, 0) is 41.8 Å². The van der Waals surface area contributed by atoms with Crippen molar-refractivity contribution in [1.82, 2.24) is 14.7 Å². The van der Waals surface area contributed by atoms with Gasteiger partial charge in [0.15, 0.2) is 0 Å². The van der Waals surface area contributed by atoms with E-state index in [1.165, 1.54) is 12.1 Å². The molecule has 0 spiro atoms. The van der Waals surface area contributed by atoms with E-state index in [0.717, 1.165) is 18.7 Å². The zero-order chi connectivity index (χ0) is 25.9. The van der Waals surface area contributed by atoms with Crippen molar-refractivity contribution < 1.29 is 23.1 Å². The van der Waals surface area contributed by atoms with Gasteiger partial charge >= 0.3 is 0 Å². The monoisotopic (exact) mass is 507 g/mol. The van der Waals surface area contributed by atoms with Crippen LogP contribution in [0.2, 0.25) is 0 Å². The van der Waals surface area contributed by atoms with Crippen molar-refractivity contribution in [3.8, 4) is 0 Å². The highest BCUT2D eigenvalue weighted by molar-refractivity contribution is 5.86. The van der Waals surface area contributed by atoms with Gasteiger partial charge in [-0.3, -0.25) is 14.5 Å². The number of benzene rings is 2. The van der Waals surface area contributed by atoms with Crippen molar-refractivity contribution in [3.63, 3.8) is 0 Å². The zero-order valence-electron chi connectivity index (χ0n) is 21.1. The predicted molar refractivity (Wildman–Crippen MR) is 138 cm³/mol. The molecule has 8 heteroatoms. The molecule has 0 atom stereocenters.